The second-order valence-electron chi connectivity index (χ2n) is 5.78. The van der Waals surface area contributed by atoms with E-state index in [1.54, 1.807) is 17.9 Å². The number of thiophene rings is 2. The summed E-state index contributed by atoms with van der Waals surface area (Å²) in [4.78, 5) is 39.5. The van der Waals surface area contributed by atoms with Crippen LogP contribution in [-0.2, 0) is 22.5 Å². The predicted molar refractivity (Wildman–Crippen MR) is 106 cm³/mol. The molecule has 0 saturated carbocycles. The van der Waals surface area contributed by atoms with E-state index in [9.17, 15) is 14.4 Å². The molecule has 2 aromatic heterocycles. The minimum absolute atomic E-state index is 0.303. The first-order valence-corrected chi connectivity index (χ1v) is 10.1. The maximum absolute atomic E-state index is 12.2. The molecule has 3 heterocycles. The van der Waals surface area contributed by atoms with Crippen molar-refractivity contribution in [2.24, 2.45) is 5.73 Å². The van der Waals surface area contributed by atoms with Gasteiger partial charge in [0, 0.05) is 22.4 Å². The molecule has 0 unspecified atom stereocenters. The van der Waals surface area contributed by atoms with E-state index >= 15 is 0 Å². The molecule has 27 heavy (non-hydrogen) atoms. The highest BCUT2D eigenvalue weighted by atomic mass is 32.1. The van der Waals surface area contributed by atoms with Crippen LogP contribution in [0.15, 0.2) is 23.6 Å². The fourth-order valence-corrected chi connectivity index (χ4v) is 4.71. The number of ether oxygens (including phenoxy) is 1. The lowest BCUT2D eigenvalue weighted by Crippen LogP contribution is -2.36. The summed E-state index contributed by atoms with van der Waals surface area (Å²) < 4.78 is 5.03. The molecular formula is C18H19N3O4S2. The van der Waals surface area contributed by atoms with E-state index in [0.29, 0.717) is 36.7 Å². The monoisotopic (exact) mass is 405 g/mol. The summed E-state index contributed by atoms with van der Waals surface area (Å²) in [5.74, 6) is -0.929. The highest BCUT2D eigenvalue weighted by Gasteiger charge is 2.29. The number of nitrogens with zero attached hydrogens (tertiary/aromatic N) is 1. The van der Waals surface area contributed by atoms with Gasteiger partial charge in [-0.25, -0.2) is 4.79 Å². The third-order valence-corrected chi connectivity index (χ3v) is 5.98. The number of anilines is 1. The Morgan fingerprint density at radius 3 is 2.89 bits per heavy atom. The Balaban J connectivity index is 1.79. The van der Waals surface area contributed by atoms with E-state index in [0.717, 1.165) is 15.3 Å². The van der Waals surface area contributed by atoms with E-state index in [-0.39, 0.29) is 12.0 Å². The van der Waals surface area contributed by atoms with E-state index < -0.39 is 5.91 Å². The van der Waals surface area contributed by atoms with Crippen LogP contribution in [0.5, 0.6) is 0 Å². The predicted octanol–water partition coefficient (Wildman–Crippen LogP) is 3.08. The number of fused-ring (bicyclic) bond motifs is 1. The first-order valence-electron chi connectivity index (χ1n) is 8.38. The Bertz CT molecular complexity index is 887. The van der Waals surface area contributed by atoms with Crippen LogP contribution >= 0.6 is 22.7 Å². The van der Waals surface area contributed by atoms with Crippen molar-refractivity contribution in [2.75, 3.05) is 18.5 Å². The molecule has 142 valence electrons. The Morgan fingerprint density at radius 2 is 2.22 bits per heavy atom. The molecule has 0 fully saturated rings. The van der Waals surface area contributed by atoms with Crippen molar-refractivity contribution in [1.29, 1.82) is 0 Å². The van der Waals surface area contributed by atoms with E-state index in [1.807, 2.05) is 17.5 Å². The Hall–Kier alpha value is -2.65. The SMILES string of the molecule is CCOC(=O)N1CCc2c(sc(NC(=O)C=Cc3cccs3)c2C(N)=O)C1. The van der Waals surface area contributed by atoms with Gasteiger partial charge in [0.2, 0.25) is 5.91 Å². The average Bonchev–Trinajstić information content (AvgIpc) is 3.26. The van der Waals surface area contributed by atoms with Crippen molar-refractivity contribution in [2.45, 2.75) is 19.9 Å². The summed E-state index contributed by atoms with van der Waals surface area (Å²) in [6.07, 6.45) is 3.23. The van der Waals surface area contributed by atoms with Gasteiger partial charge >= 0.3 is 6.09 Å². The van der Waals surface area contributed by atoms with Gasteiger partial charge in [0.1, 0.15) is 5.00 Å². The fourth-order valence-electron chi connectivity index (χ4n) is 2.82. The van der Waals surface area contributed by atoms with Gasteiger partial charge in [-0.3, -0.25) is 9.59 Å². The maximum Gasteiger partial charge on any atom is 0.410 e. The van der Waals surface area contributed by atoms with Crippen LogP contribution in [0.2, 0.25) is 0 Å². The van der Waals surface area contributed by atoms with Crippen molar-refractivity contribution in [3.63, 3.8) is 0 Å². The number of amides is 3. The molecule has 0 spiro atoms. The summed E-state index contributed by atoms with van der Waals surface area (Å²) >= 11 is 2.79. The summed E-state index contributed by atoms with van der Waals surface area (Å²) in [5, 5.41) is 5.08. The van der Waals surface area contributed by atoms with Gasteiger partial charge in [-0.15, -0.1) is 22.7 Å². The van der Waals surface area contributed by atoms with Crippen LogP contribution < -0.4 is 11.1 Å². The van der Waals surface area contributed by atoms with E-state index in [2.05, 4.69) is 5.32 Å². The number of nitrogens with one attached hydrogen (secondary N) is 1. The summed E-state index contributed by atoms with van der Waals surface area (Å²) in [5.41, 5.74) is 6.67. The maximum atomic E-state index is 12.2. The number of carbonyl (C=O) groups excluding carboxylic acids is 3. The van der Waals surface area contributed by atoms with Gasteiger partial charge in [0.05, 0.1) is 18.7 Å². The van der Waals surface area contributed by atoms with Gasteiger partial charge in [-0.1, -0.05) is 6.07 Å². The van der Waals surface area contributed by atoms with Crippen LogP contribution in [0.3, 0.4) is 0 Å². The highest BCUT2D eigenvalue weighted by Crippen LogP contribution is 2.37. The van der Waals surface area contributed by atoms with Crippen LogP contribution in [-0.4, -0.2) is 36.0 Å². The third-order valence-electron chi connectivity index (χ3n) is 4.01. The van der Waals surface area contributed by atoms with Gasteiger partial charge in [-0.05, 0) is 36.4 Å². The number of primary amides is 1. The number of hydrogen-bond donors (Lipinski definition) is 2. The number of hydrogen-bond acceptors (Lipinski definition) is 6. The van der Waals surface area contributed by atoms with Gasteiger partial charge in [0.25, 0.3) is 5.91 Å². The van der Waals surface area contributed by atoms with Crippen molar-refractivity contribution >= 4 is 51.7 Å². The van der Waals surface area contributed by atoms with Crippen molar-refractivity contribution in [3.8, 4) is 0 Å². The summed E-state index contributed by atoms with van der Waals surface area (Å²) in [6, 6.07) is 3.80. The second-order valence-corrected chi connectivity index (χ2v) is 7.87. The van der Waals surface area contributed by atoms with E-state index in [4.69, 9.17) is 10.5 Å². The lowest BCUT2D eigenvalue weighted by molar-refractivity contribution is -0.111. The fraction of sp³-hybridized carbons (Fsp3) is 0.278. The molecule has 3 rings (SSSR count). The average molecular weight is 406 g/mol. The molecule has 0 radical (unpaired) electrons. The Morgan fingerprint density at radius 1 is 1.41 bits per heavy atom. The topological polar surface area (TPSA) is 102 Å². The van der Waals surface area contributed by atoms with Crippen molar-refractivity contribution in [3.05, 3.63) is 44.5 Å². The summed E-state index contributed by atoms with van der Waals surface area (Å²) in [7, 11) is 0. The van der Waals surface area contributed by atoms with Crippen molar-refractivity contribution < 1.29 is 19.1 Å². The molecule has 0 aromatic carbocycles. The Labute approximate surface area is 164 Å². The number of rotatable bonds is 5. The molecule has 9 heteroatoms. The molecule has 0 aliphatic carbocycles. The standard InChI is InChI=1S/C18H19N3O4S2/c1-2-25-18(24)21-8-7-12-13(10-21)27-17(15(12)16(19)23)20-14(22)6-5-11-4-3-9-26-11/h3-6,9H,2,7-8,10H2,1H3,(H2,19,23)(H,20,22). The minimum Gasteiger partial charge on any atom is -0.450 e. The molecule has 3 amide bonds. The molecule has 2 aromatic rings. The molecule has 0 bridgehead atoms. The highest BCUT2D eigenvalue weighted by molar-refractivity contribution is 7.17. The van der Waals surface area contributed by atoms with Crippen LogP contribution in [0.25, 0.3) is 6.08 Å². The zero-order valence-electron chi connectivity index (χ0n) is 14.7. The minimum atomic E-state index is -0.588. The Kier molecular flexibility index (Phi) is 5.92. The van der Waals surface area contributed by atoms with Crippen LogP contribution in [0.4, 0.5) is 9.80 Å². The largest absolute Gasteiger partial charge is 0.450 e. The zero-order valence-corrected chi connectivity index (χ0v) is 16.3. The molecular weight excluding hydrogens is 386 g/mol. The van der Waals surface area contributed by atoms with Gasteiger partial charge in [-0.2, -0.15) is 0 Å². The molecule has 1 aliphatic rings. The molecule has 0 saturated heterocycles. The van der Waals surface area contributed by atoms with Gasteiger partial charge in [0.15, 0.2) is 0 Å². The molecule has 3 N–H and O–H groups in total. The first-order chi connectivity index (χ1) is 13.0. The van der Waals surface area contributed by atoms with Crippen LogP contribution in [0.1, 0.15) is 32.6 Å². The third kappa shape index (κ3) is 4.37. The zero-order chi connectivity index (χ0) is 19.4. The number of carbonyl (C=O) groups is 3. The lowest BCUT2D eigenvalue weighted by Gasteiger charge is -2.26. The summed E-state index contributed by atoms with van der Waals surface area (Å²) in [6.45, 7) is 2.83. The lowest BCUT2D eigenvalue weighted by atomic mass is 10.0. The van der Waals surface area contributed by atoms with Crippen LogP contribution in [0, 0.1) is 0 Å². The second kappa shape index (κ2) is 8.36. The number of nitrogens with two attached hydrogens (primary N) is 1. The molecule has 0 atom stereocenters. The normalized spacial score (nSPS) is 13.4. The molecule has 1 aliphatic heterocycles. The smallest absolute Gasteiger partial charge is 0.410 e. The van der Waals surface area contributed by atoms with E-state index in [1.165, 1.54) is 28.7 Å². The first kappa shape index (κ1) is 19.1. The quantitative estimate of drug-likeness (QED) is 0.746. The molecule has 7 nitrogen and oxygen atoms in total. The van der Waals surface area contributed by atoms with Gasteiger partial charge < -0.3 is 20.7 Å². The van der Waals surface area contributed by atoms with Crippen molar-refractivity contribution in [1.82, 2.24) is 4.90 Å².